The topological polar surface area (TPSA) is 64.6 Å². The van der Waals surface area contributed by atoms with E-state index in [-0.39, 0.29) is 5.91 Å². The third kappa shape index (κ3) is 4.22. The van der Waals surface area contributed by atoms with Gasteiger partial charge in [0.25, 0.3) is 0 Å². The van der Waals surface area contributed by atoms with Crippen LogP contribution >= 0.6 is 11.3 Å². The molecule has 1 aliphatic rings. The Morgan fingerprint density at radius 1 is 1.26 bits per heavy atom. The molecule has 1 aliphatic carbocycles. The lowest BCUT2D eigenvalue weighted by atomic mass is 9.88. The average molecular weight is 385 g/mol. The van der Waals surface area contributed by atoms with Crippen molar-refractivity contribution in [3.05, 3.63) is 51.9 Å². The maximum atomic E-state index is 12.4. The molecule has 1 N–H and O–H groups in total. The number of methoxy groups -OCH3 is 2. The van der Waals surface area contributed by atoms with E-state index in [1.165, 1.54) is 24.5 Å². The minimum Gasteiger partial charge on any atom is -0.496 e. The minimum absolute atomic E-state index is 0.294. The molecule has 1 atom stereocenters. The normalized spacial score (nSPS) is 16.0. The van der Waals surface area contributed by atoms with Gasteiger partial charge in [-0.25, -0.2) is 4.79 Å². The second-order valence-electron chi connectivity index (χ2n) is 6.61. The van der Waals surface area contributed by atoms with Gasteiger partial charge in [0.05, 0.1) is 19.8 Å². The second kappa shape index (κ2) is 8.39. The van der Waals surface area contributed by atoms with E-state index in [1.807, 2.05) is 24.3 Å². The van der Waals surface area contributed by atoms with Crippen LogP contribution in [-0.2, 0) is 22.4 Å². The Bertz CT molecular complexity index is 884. The zero-order valence-electron chi connectivity index (χ0n) is 15.7. The van der Waals surface area contributed by atoms with E-state index in [0.29, 0.717) is 22.2 Å². The first-order valence-corrected chi connectivity index (χ1v) is 9.70. The molecule has 0 saturated heterocycles. The number of thiophene rings is 1. The van der Waals surface area contributed by atoms with Crippen molar-refractivity contribution < 1.29 is 19.1 Å². The standard InChI is InChI=1S/C21H23NO4S/c1-13-8-10-15-17(12-13)27-20(19(15)21(24)26-3)22-18(23)11-9-14-6-4-5-7-16(14)25-2/h4-7,9,11,13H,8,10,12H2,1-3H3,(H,22,23)/b11-9+/t13-/m0/s1. The van der Waals surface area contributed by atoms with Crippen LogP contribution in [0.4, 0.5) is 5.00 Å². The number of amides is 1. The fourth-order valence-electron chi connectivity index (χ4n) is 3.28. The Balaban J connectivity index is 1.83. The Morgan fingerprint density at radius 2 is 2.04 bits per heavy atom. The summed E-state index contributed by atoms with van der Waals surface area (Å²) in [5.74, 6) is 0.580. The highest BCUT2D eigenvalue weighted by Gasteiger charge is 2.28. The van der Waals surface area contributed by atoms with Gasteiger partial charge in [-0.15, -0.1) is 11.3 Å². The molecule has 142 valence electrons. The highest BCUT2D eigenvalue weighted by atomic mass is 32.1. The van der Waals surface area contributed by atoms with E-state index in [4.69, 9.17) is 9.47 Å². The fourth-order valence-corrected chi connectivity index (χ4v) is 4.68. The number of carbonyl (C=O) groups is 2. The van der Waals surface area contributed by atoms with Crippen molar-refractivity contribution in [2.75, 3.05) is 19.5 Å². The van der Waals surface area contributed by atoms with Crippen LogP contribution < -0.4 is 10.1 Å². The molecule has 0 unspecified atom stereocenters. The number of carbonyl (C=O) groups excluding carboxylic acids is 2. The van der Waals surface area contributed by atoms with Gasteiger partial charge in [0, 0.05) is 16.5 Å². The Labute approximate surface area is 163 Å². The summed E-state index contributed by atoms with van der Waals surface area (Å²) in [5.41, 5.74) is 2.33. The predicted octanol–water partition coefficient (Wildman–Crippen LogP) is 4.32. The number of benzene rings is 1. The molecule has 0 spiro atoms. The van der Waals surface area contributed by atoms with Gasteiger partial charge in [-0.3, -0.25) is 4.79 Å². The third-order valence-corrected chi connectivity index (χ3v) is 5.86. The summed E-state index contributed by atoms with van der Waals surface area (Å²) in [5, 5.41) is 3.42. The zero-order valence-corrected chi connectivity index (χ0v) is 16.5. The molecular formula is C21H23NO4S. The molecule has 0 aliphatic heterocycles. The molecule has 3 rings (SSSR count). The zero-order chi connectivity index (χ0) is 19.4. The van der Waals surface area contributed by atoms with E-state index >= 15 is 0 Å². The molecule has 0 bridgehead atoms. The average Bonchev–Trinajstić information content (AvgIpc) is 3.02. The molecule has 6 heteroatoms. The first kappa shape index (κ1) is 19.2. The largest absolute Gasteiger partial charge is 0.496 e. The molecule has 1 aromatic carbocycles. The smallest absolute Gasteiger partial charge is 0.341 e. The fraction of sp³-hybridized carbons (Fsp3) is 0.333. The summed E-state index contributed by atoms with van der Waals surface area (Å²) in [6, 6.07) is 7.45. The van der Waals surface area contributed by atoms with Crippen LogP contribution in [0.15, 0.2) is 30.3 Å². The summed E-state index contributed by atoms with van der Waals surface area (Å²) in [4.78, 5) is 25.9. The van der Waals surface area contributed by atoms with Crippen molar-refractivity contribution in [2.24, 2.45) is 5.92 Å². The van der Waals surface area contributed by atoms with Gasteiger partial charge < -0.3 is 14.8 Å². The van der Waals surface area contributed by atoms with Gasteiger partial charge in [-0.2, -0.15) is 0 Å². The third-order valence-electron chi connectivity index (χ3n) is 4.69. The van der Waals surface area contributed by atoms with Crippen LogP contribution in [0.25, 0.3) is 6.08 Å². The number of para-hydroxylation sites is 1. The van der Waals surface area contributed by atoms with Gasteiger partial charge >= 0.3 is 5.97 Å². The maximum absolute atomic E-state index is 12.4. The van der Waals surface area contributed by atoms with Crippen molar-refractivity contribution >= 4 is 34.3 Å². The van der Waals surface area contributed by atoms with Crippen LogP contribution in [0.1, 0.15) is 39.7 Å². The maximum Gasteiger partial charge on any atom is 0.341 e. The van der Waals surface area contributed by atoms with Crippen molar-refractivity contribution in [3.63, 3.8) is 0 Å². The Kier molecular flexibility index (Phi) is 5.96. The van der Waals surface area contributed by atoms with Crippen molar-refractivity contribution in [3.8, 4) is 5.75 Å². The quantitative estimate of drug-likeness (QED) is 0.615. The number of nitrogens with one attached hydrogen (secondary N) is 1. The molecule has 1 aromatic heterocycles. The summed E-state index contributed by atoms with van der Waals surface area (Å²) >= 11 is 1.48. The van der Waals surface area contributed by atoms with Crippen molar-refractivity contribution in [1.82, 2.24) is 0 Å². The van der Waals surface area contributed by atoms with Crippen LogP contribution in [0.3, 0.4) is 0 Å². The van der Waals surface area contributed by atoms with Crippen molar-refractivity contribution in [2.45, 2.75) is 26.2 Å². The molecule has 0 fully saturated rings. The summed E-state index contributed by atoms with van der Waals surface area (Å²) in [6.45, 7) is 2.20. The summed E-state index contributed by atoms with van der Waals surface area (Å²) in [7, 11) is 2.96. The number of anilines is 1. The molecule has 1 amide bonds. The lowest BCUT2D eigenvalue weighted by Gasteiger charge is -2.18. The molecular weight excluding hydrogens is 362 g/mol. The number of esters is 1. The van der Waals surface area contributed by atoms with Gasteiger partial charge in [0.15, 0.2) is 0 Å². The predicted molar refractivity (Wildman–Crippen MR) is 108 cm³/mol. The van der Waals surface area contributed by atoms with E-state index in [0.717, 1.165) is 35.3 Å². The van der Waals surface area contributed by atoms with Crippen LogP contribution in [0, 0.1) is 5.92 Å². The Hall–Kier alpha value is -2.60. The molecule has 2 aromatic rings. The Morgan fingerprint density at radius 3 is 2.78 bits per heavy atom. The van der Waals surface area contributed by atoms with Crippen LogP contribution in [-0.4, -0.2) is 26.1 Å². The van der Waals surface area contributed by atoms with Gasteiger partial charge in [-0.05, 0) is 42.9 Å². The lowest BCUT2D eigenvalue weighted by Crippen LogP contribution is -2.14. The number of fused-ring (bicyclic) bond motifs is 1. The number of ether oxygens (including phenoxy) is 2. The second-order valence-corrected chi connectivity index (χ2v) is 7.72. The number of rotatable bonds is 5. The molecule has 1 heterocycles. The summed E-state index contributed by atoms with van der Waals surface area (Å²) < 4.78 is 10.2. The van der Waals surface area contributed by atoms with E-state index in [2.05, 4.69) is 12.2 Å². The van der Waals surface area contributed by atoms with Crippen LogP contribution in [0.2, 0.25) is 0 Å². The highest BCUT2D eigenvalue weighted by Crippen LogP contribution is 2.40. The SMILES string of the molecule is COC(=O)c1c(NC(=O)/C=C/c2ccccc2OC)sc2c1CC[C@H](C)C2. The minimum atomic E-state index is -0.397. The molecule has 27 heavy (non-hydrogen) atoms. The summed E-state index contributed by atoms with van der Waals surface area (Å²) in [6.07, 6.45) is 5.94. The van der Waals surface area contributed by atoms with E-state index in [1.54, 1.807) is 13.2 Å². The van der Waals surface area contributed by atoms with E-state index in [9.17, 15) is 9.59 Å². The number of hydrogen-bond acceptors (Lipinski definition) is 5. The van der Waals surface area contributed by atoms with Gasteiger partial charge in [0.1, 0.15) is 10.8 Å². The van der Waals surface area contributed by atoms with Crippen molar-refractivity contribution in [1.29, 1.82) is 0 Å². The van der Waals surface area contributed by atoms with E-state index < -0.39 is 5.97 Å². The monoisotopic (exact) mass is 385 g/mol. The first-order valence-electron chi connectivity index (χ1n) is 8.88. The van der Waals surface area contributed by atoms with Gasteiger partial charge in [-0.1, -0.05) is 25.1 Å². The molecule has 0 saturated carbocycles. The van der Waals surface area contributed by atoms with Gasteiger partial charge in [0.2, 0.25) is 5.91 Å². The highest BCUT2D eigenvalue weighted by molar-refractivity contribution is 7.17. The lowest BCUT2D eigenvalue weighted by molar-refractivity contribution is -0.111. The molecule has 0 radical (unpaired) electrons. The molecule has 5 nitrogen and oxygen atoms in total. The number of hydrogen-bond donors (Lipinski definition) is 1. The first-order chi connectivity index (χ1) is 13.0. The van der Waals surface area contributed by atoms with Crippen LogP contribution in [0.5, 0.6) is 5.75 Å².